The third-order valence-electron chi connectivity index (χ3n) is 7.41. The molecule has 4 aromatic rings. The number of carbonyl (C=O) groups excluding carboxylic acids is 2. The van der Waals surface area contributed by atoms with Crippen LogP contribution in [-0.4, -0.2) is 51.4 Å². The van der Waals surface area contributed by atoms with Gasteiger partial charge in [-0.2, -0.15) is 0 Å². The van der Waals surface area contributed by atoms with Crippen molar-refractivity contribution in [2.75, 3.05) is 24.5 Å². The first-order chi connectivity index (χ1) is 22.1. The van der Waals surface area contributed by atoms with E-state index in [0.29, 0.717) is 17.9 Å². The summed E-state index contributed by atoms with van der Waals surface area (Å²) in [5.41, 5.74) is 1.39. The number of hydrogen-bond donors (Lipinski definition) is 1. The highest BCUT2D eigenvalue weighted by Crippen LogP contribution is 2.26. The number of hydrogen-bond acceptors (Lipinski definition) is 5. The van der Waals surface area contributed by atoms with E-state index in [1.54, 1.807) is 0 Å². The van der Waals surface area contributed by atoms with Gasteiger partial charge in [0.25, 0.3) is 10.0 Å². The van der Waals surface area contributed by atoms with Crippen LogP contribution in [0.1, 0.15) is 30.9 Å². The van der Waals surface area contributed by atoms with Crippen LogP contribution in [0.5, 0.6) is 5.75 Å². The summed E-state index contributed by atoms with van der Waals surface area (Å²) >= 11 is 0. The van der Waals surface area contributed by atoms with E-state index < -0.39 is 46.1 Å². The summed E-state index contributed by atoms with van der Waals surface area (Å²) in [4.78, 5) is 29.3. The van der Waals surface area contributed by atoms with Crippen molar-refractivity contribution in [3.05, 3.63) is 126 Å². The number of unbranched alkanes of at least 4 members (excludes halogenated alkanes) is 1. The summed E-state index contributed by atoms with van der Waals surface area (Å²) in [6, 6.07) is 24.1. The third kappa shape index (κ3) is 8.91. The lowest BCUT2D eigenvalue weighted by atomic mass is 10.0. The van der Waals surface area contributed by atoms with Gasteiger partial charge in [-0.15, -0.1) is 0 Å². The van der Waals surface area contributed by atoms with Gasteiger partial charge >= 0.3 is 0 Å². The first kappa shape index (κ1) is 34.1. The number of ether oxygens (including phenoxy) is 1. The molecule has 242 valence electrons. The van der Waals surface area contributed by atoms with Gasteiger partial charge in [-0.05, 0) is 78.2 Å². The molecule has 1 N–H and O–H groups in total. The van der Waals surface area contributed by atoms with Crippen molar-refractivity contribution in [3.63, 3.8) is 0 Å². The van der Waals surface area contributed by atoms with E-state index in [1.807, 2.05) is 37.3 Å². The average molecular weight is 650 g/mol. The van der Waals surface area contributed by atoms with Crippen LogP contribution >= 0.6 is 0 Å². The minimum Gasteiger partial charge on any atom is -0.497 e. The van der Waals surface area contributed by atoms with Crippen LogP contribution in [0.25, 0.3) is 0 Å². The van der Waals surface area contributed by atoms with Crippen LogP contribution in [0.15, 0.2) is 108 Å². The Morgan fingerprint density at radius 3 is 2.02 bits per heavy atom. The fourth-order valence-electron chi connectivity index (χ4n) is 4.86. The minimum absolute atomic E-state index is 0.0549. The lowest BCUT2D eigenvalue weighted by Gasteiger charge is -2.34. The Balaban J connectivity index is 1.78. The van der Waals surface area contributed by atoms with Crippen LogP contribution in [-0.2, 0) is 32.6 Å². The molecule has 4 aromatic carbocycles. The van der Waals surface area contributed by atoms with Crippen molar-refractivity contribution < 1.29 is 31.5 Å². The standard InChI is InChI=1S/C35H37F2N3O5S/c1-3-4-22-38-35(42)33(23-26-8-6-5-7-9-26)39(24-27-10-12-28(36)13-11-27)34(41)25-40(30-16-14-29(37)15-17-30)46(43,44)32-20-18-31(45-2)19-21-32/h5-21,33H,3-4,22-25H2,1-2H3,(H,38,42)/t33-/m1/s1. The zero-order valence-corrected chi connectivity index (χ0v) is 26.6. The Labute approximate surface area is 268 Å². The highest BCUT2D eigenvalue weighted by molar-refractivity contribution is 7.92. The predicted molar refractivity (Wildman–Crippen MR) is 173 cm³/mol. The molecule has 1 atom stereocenters. The quantitative estimate of drug-likeness (QED) is 0.166. The molecular formula is C35H37F2N3O5S. The molecule has 0 radical (unpaired) electrons. The molecule has 2 amide bonds. The first-order valence-electron chi connectivity index (χ1n) is 14.9. The molecule has 0 aliphatic carbocycles. The second-order valence-electron chi connectivity index (χ2n) is 10.7. The van der Waals surface area contributed by atoms with Crippen molar-refractivity contribution in [3.8, 4) is 5.75 Å². The fraction of sp³-hybridized carbons (Fsp3) is 0.257. The zero-order valence-electron chi connectivity index (χ0n) is 25.7. The summed E-state index contributed by atoms with van der Waals surface area (Å²) in [6.45, 7) is 1.59. The molecule has 0 fully saturated rings. The van der Waals surface area contributed by atoms with E-state index in [-0.39, 0.29) is 23.5 Å². The summed E-state index contributed by atoms with van der Waals surface area (Å²) < 4.78 is 61.9. The largest absolute Gasteiger partial charge is 0.497 e. The van der Waals surface area contributed by atoms with E-state index in [0.717, 1.165) is 34.8 Å². The van der Waals surface area contributed by atoms with E-state index in [4.69, 9.17) is 4.74 Å². The fourth-order valence-corrected chi connectivity index (χ4v) is 6.27. The van der Waals surface area contributed by atoms with Gasteiger partial charge in [0.05, 0.1) is 17.7 Å². The molecule has 0 saturated heterocycles. The van der Waals surface area contributed by atoms with Crippen molar-refractivity contribution in [1.82, 2.24) is 10.2 Å². The molecule has 0 aliphatic rings. The smallest absolute Gasteiger partial charge is 0.264 e. The zero-order chi connectivity index (χ0) is 33.1. The molecular weight excluding hydrogens is 612 g/mol. The van der Waals surface area contributed by atoms with Crippen LogP contribution in [0.3, 0.4) is 0 Å². The number of amides is 2. The van der Waals surface area contributed by atoms with Gasteiger partial charge < -0.3 is 15.0 Å². The highest BCUT2D eigenvalue weighted by Gasteiger charge is 2.34. The molecule has 46 heavy (non-hydrogen) atoms. The molecule has 0 saturated carbocycles. The number of halogens is 2. The van der Waals surface area contributed by atoms with Gasteiger partial charge in [0.15, 0.2) is 0 Å². The van der Waals surface area contributed by atoms with Crippen molar-refractivity contribution in [1.29, 1.82) is 0 Å². The SMILES string of the molecule is CCCCNC(=O)[C@@H](Cc1ccccc1)N(Cc1ccc(F)cc1)C(=O)CN(c1ccc(F)cc1)S(=O)(=O)c1ccc(OC)cc1. The van der Waals surface area contributed by atoms with Crippen molar-refractivity contribution in [2.45, 2.75) is 43.7 Å². The Hall–Kier alpha value is -4.77. The normalized spacial score (nSPS) is 11.8. The number of anilines is 1. The van der Waals surface area contributed by atoms with Gasteiger partial charge in [0.2, 0.25) is 11.8 Å². The lowest BCUT2D eigenvalue weighted by molar-refractivity contribution is -0.140. The summed E-state index contributed by atoms with van der Waals surface area (Å²) in [7, 11) is -2.91. The molecule has 4 rings (SSSR count). The molecule has 0 bridgehead atoms. The number of nitrogens with one attached hydrogen (secondary N) is 1. The second kappa shape index (κ2) is 16.0. The van der Waals surface area contributed by atoms with E-state index >= 15 is 0 Å². The maximum atomic E-state index is 14.4. The molecule has 0 spiro atoms. The van der Waals surface area contributed by atoms with Gasteiger partial charge in [-0.25, -0.2) is 17.2 Å². The van der Waals surface area contributed by atoms with Gasteiger partial charge in [-0.1, -0.05) is 55.8 Å². The van der Waals surface area contributed by atoms with Crippen molar-refractivity contribution in [2.24, 2.45) is 0 Å². The van der Waals surface area contributed by atoms with E-state index in [2.05, 4.69) is 5.32 Å². The molecule has 0 heterocycles. The Bertz CT molecular complexity index is 1690. The number of carbonyl (C=O) groups is 2. The number of benzene rings is 4. The van der Waals surface area contributed by atoms with E-state index in [1.165, 1.54) is 72.7 Å². The van der Waals surface area contributed by atoms with Crippen LogP contribution < -0.4 is 14.4 Å². The van der Waals surface area contributed by atoms with Crippen LogP contribution in [0.4, 0.5) is 14.5 Å². The molecule has 8 nitrogen and oxygen atoms in total. The second-order valence-corrected chi connectivity index (χ2v) is 12.5. The summed E-state index contributed by atoms with van der Waals surface area (Å²) in [6.07, 6.45) is 1.72. The highest BCUT2D eigenvalue weighted by atomic mass is 32.2. The van der Waals surface area contributed by atoms with Gasteiger partial charge in [0.1, 0.15) is 30.0 Å². The van der Waals surface area contributed by atoms with Crippen LogP contribution in [0, 0.1) is 11.6 Å². The van der Waals surface area contributed by atoms with Gasteiger partial charge in [0, 0.05) is 19.5 Å². The van der Waals surface area contributed by atoms with Crippen molar-refractivity contribution >= 4 is 27.5 Å². The number of rotatable bonds is 15. The maximum absolute atomic E-state index is 14.4. The molecule has 0 aliphatic heterocycles. The monoisotopic (exact) mass is 649 g/mol. The maximum Gasteiger partial charge on any atom is 0.264 e. The molecule has 11 heteroatoms. The number of sulfonamides is 1. The third-order valence-corrected chi connectivity index (χ3v) is 9.20. The predicted octanol–water partition coefficient (Wildman–Crippen LogP) is 5.73. The Morgan fingerprint density at radius 1 is 0.826 bits per heavy atom. The first-order valence-corrected chi connectivity index (χ1v) is 16.3. The van der Waals surface area contributed by atoms with E-state index in [9.17, 15) is 26.8 Å². The lowest BCUT2D eigenvalue weighted by Crippen LogP contribution is -2.53. The average Bonchev–Trinajstić information content (AvgIpc) is 3.07. The summed E-state index contributed by atoms with van der Waals surface area (Å²) in [5, 5.41) is 2.91. The summed E-state index contributed by atoms with van der Waals surface area (Å²) in [5.74, 6) is -1.70. The Morgan fingerprint density at radius 2 is 1.43 bits per heavy atom. The number of methoxy groups -OCH3 is 1. The molecule has 0 aromatic heterocycles. The van der Waals surface area contributed by atoms with Crippen LogP contribution in [0.2, 0.25) is 0 Å². The van der Waals surface area contributed by atoms with Gasteiger partial charge in [-0.3, -0.25) is 13.9 Å². The molecule has 0 unspecified atom stereocenters. The number of nitrogens with zero attached hydrogens (tertiary/aromatic N) is 2. The minimum atomic E-state index is -4.36. The Kier molecular flexibility index (Phi) is 11.9. The topological polar surface area (TPSA) is 96.0 Å².